The van der Waals surface area contributed by atoms with Crippen LogP contribution in [-0.2, 0) is 20.1 Å². The monoisotopic (exact) mass is 919 g/mol. The zero-order valence-electron chi connectivity index (χ0n) is 27.0. The average Bonchev–Trinajstić information content (AvgIpc) is 3.93. The SMILES string of the molecule is Fc1c[c-]c(-n2[c-][n+](-c3ccc(F)cc3F)cc2)c(F)c1.Fc1c[c-]c(-n2[c-][n+](-c3ccc(F)cc3F)cc2)c(F)c1.[Ir].c1ccc(-c2ccn[n-]2)nc1. The van der Waals surface area contributed by atoms with Crippen LogP contribution in [0.15, 0.2) is 122 Å². The number of pyridine rings is 1. The average molecular weight is 919 g/mol. The number of imidazole rings is 2. The van der Waals surface area contributed by atoms with E-state index in [9.17, 15) is 35.1 Å². The normalized spacial score (nSPS) is 10.4. The van der Waals surface area contributed by atoms with Gasteiger partial charge in [-0.25, -0.2) is 17.6 Å². The van der Waals surface area contributed by atoms with Crippen LogP contribution in [-0.4, -0.2) is 19.2 Å². The fraction of sp³-hybridized carbons (Fsp3) is 0. The van der Waals surface area contributed by atoms with Crippen LogP contribution in [0.4, 0.5) is 35.1 Å². The summed E-state index contributed by atoms with van der Waals surface area (Å²) in [6, 6.07) is 21.9. The molecule has 0 aliphatic carbocycles. The summed E-state index contributed by atoms with van der Waals surface area (Å²) in [5.74, 6) is -6.11. The molecule has 0 unspecified atom stereocenters. The minimum absolute atomic E-state index is 0. The molecule has 8 aromatic rings. The Morgan fingerprint density at radius 3 is 1.46 bits per heavy atom. The topological polar surface area (TPSA) is 57.5 Å². The summed E-state index contributed by atoms with van der Waals surface area (Å²) >= 11 is 0. The molecule has 0 atom stereocenters. The predicted octanol–water partition coefficient (Wildman–Crippen LogP) is 6.92. The zero-order chi connectivity index (χ0) is 37.5. The van der Waals surface area contributed by atoms with Gasteiger partial charge in [0.2, 0.25) is 0 Å². The fourth-order valence-corrected chi connectivity index (χ4v) is 4.63. The number of hydrogen-bond acceptors (Lipinski definition) is 2. The number of benzene rings is 4. The molecule has 0 amide bonds. The first-order chi connectivity index (χ1) is 25.5. The maximum Gasteiger partial charge on any atom is 0.267 e. The van der Waals surface area contributed by atoms with E-state index in [1.165, 1.54) is 55.2 Å². The Balaban J connectivity index is 0.000000162. The van der Waals surface area contributed by atoms with Crippen LogP contribution >= 0.6 is 0 Å². The molecule has 0 aliphatic heterocycles. The van der Waals surface area contributed by atoms with Crippen molar-refractivity contribution in [2.75, 3.05) is 0 Å². The summed E-state index contributed by atoms with van der Waals surface area (Å²) < 4.78 is 111. The van der Waals surface area contributed by atoms with Crippen LogP contribution in [0.3, 0.4) is 0 Å². The molecular weight excluding hydrogens is 899 g/mol. The smallest absolute Gasteiger partial charge is 0.267 e. The Bertz CT molecular complexity index is 2200. The Morgan fingerprint density at radius 1 is 0.556 bits per heavy atom. The molecule has 0 bridgehead atoms. The third-order valence-electron chi connectivity index (χ3n) is 7.05. The third-order valence-corrected chi connectivity index (χ3v) is 7.05. The van der Waals surface area contributed by atoms with Gasteiger partial charge in [-0.3, -0.25) is 31.7 Å². The van der Waals surface area contributed by atoms with E-state index in [-0.39, 0.29) is 42.9 Å². The second-order valence-corrected chi connectivity index (χ2v) is 10.6. The van der Waals surface area contributed by atoms with Crippen molar-refractivity contribution in [3.63, 3.8) is 0 Å². The molecule has 0 N–H and O–H groups in total. The number of hydrogen-bond donors (Lipinski definition) is 0. The maximum absolute atomic E-state index is 13.7. The molecule has 8 rings (SSSR count). The zero-order valence-corrected chi connectivity index (χ0v) is 29.4. The minimum atomic E-state index is -0.825. The summed E-state index contributed by atoms with van der Waals surface area (Å²) in [5.41, 5.74) is 1.68. The molecule has 4 heterocycles. The van der Waals surface area contributed by atoms with Crippen molar-refractivity contribution in [1.82, 2.24) is 24.3 Å². The number of halogens is 8. The molecule has 54 heavy (non-hydrogen) atoms. The third kappa shape index (κ3) is 9.39. The summed E-state index contributed by atoms with van der Waals surface area (Å²) in [7, 11) is 0. The molecule has 0 saturated heterocycles. The summed E-state index contributed by atoms with van der Waals surface area (Å²) in [4.78, 5) is 4.12. The summed E-state index contributed by atoms with van der Waals surface area (Å²) in [6.45, 7) is 0. The molecule has 4 aromatic carbocycles. The number of nitrogens with zero attached hydrogens (tertiary/aromatic N) is 7. The fourth-order valence-electron chi connectivity index (χ4n) is 4.63. The molecule has 0 spiro atoms. The van der Waals surface area contributed by atoms with E-state index < -0.39 is 46.5 Å². The van der Waals surface area contributed by atoms with E-state index in [2.05, 4.69) is 40.0 Å². The van der Waals surface area contributed by atoms with Gasteiger partial charge >= 0.3 is 0 Å². The Hall–Kier alpha value is -6.25. The molecule has 1 radical (unpaired) electrons. The van der Waals surface area contributed by atoms with E-state index in [1.54, 1.807) is 12.4 Å². The van der Waals surface area contributed by atoms with E-state index in [0.29, 0.717) is 12.1 Å². The van der Waals surface area contributed by atoms with E-state index in [0.717, 1.165) is 47.8 Å². The van der Waals surface area contributed by atoms with Gasteiger partial charge < -0.3 is 19.3 Å². The van der Waals surface area contributed by atoms with Gasteiger partial charge in [0, 0.05) is 98.4 Å². The van der Waals surface area contributed by atoms with Gasteiger partial charge in [-0.2, -0.15) is 12.1 Å². The Morgan fingerprint density at radius 2 is 1.06 bits per heavy atom. The number of aromatic nitrogens is 7. The van der Waals surface area contributed by atoms with Crippen LogP contribution < -0.4 is 14.2 Å². The summed E-state index contributed by atoms with van der Waals surface area (Å²) in [6.07, 6.45) is 14.3. The second kappa shape index (κ2) is 17.5. The van der Waals surface area contributed by atoms with E-state index >= 15 is 0 Å². The Kier molecular flexibility index (Phi) is 12.6. The van der Waals surface area contributed by atoms with Crippen molar-refractivity contribution in [3.05, 3.63) is 193 Å². The first-order valence-corrected chi connectivity index (χ1v) is 15.1. The Labute approximate surface area is 315 Å². The molecule has 7 nitrogen and oxygen atoms in total. The van der Waals surface area contributed by atoms with Gasteiger partial charge in [-0.15, -0.1) is 24.3 Å². The minimum Gasteiger partial charge on any atom is -0.574 e. The largest absolute Gasteiger partial charge is 0.574 e. The molecule has 0 saturated carbocycles. The van der Waals surface area contributed by atoms with Gasteiger partial charge in [0.1, 0.15) is 34.6 Å². The van der Waals surface area contributed by atoms with Crippen LogP contribution in [0.1, 0.15) is 0 Å². The number of rotatable bonds is 5. The van der Waals surface area contributed by atoms with Crippen molar-refractivity contribution in [2.24, 2.45) is 0 Å². The molecule has 275 valence electrons. The standard InChI is InChI=1S/2C15H7F4N2.C8H6N3.Ir/c2*16-10-1-3-14(12(18)7-10)20-5-6-21(9-20)15-4-2-11(17)8-13(15)19;1-2-5-9-7(3-1)8-4-6-10-11-8;/h2*1-3,5-8H;1-6H;/q3*-1;. The van der Waals surface area contributed by atoms with Gasteiger partial charge in [0.25, 0.3) is 12.7 Å². The van der Waals surface area contributed by atoms with Gasteiger partial charge in [-0.05, 0) is 47.8 Å². The van der Waals surface area contributed by atoms with Gasteiger partial charge in [-0.1, -0.05) is 17.8 Å². The van der Waals surface area contributed by atoms with Crippen molar-refractivity contribution in [1.29, 1.82) is 0 Å². The van der Waals surface area contributed by atoms with Crippen LogP contribution in [0, 0.1) is 71.3 Å². The molecule has 0 fully saturated rings. The van der Waals surface area contributed by atoms with Crippen LogP contribution in [0.5, 0.6) is 0 Å². The molecular formula is C38H20F8IrN7-3. The van der Waals surface area contributed by atoms with Gasteiger partial charge in [0.15, 0.2) is 0 Å². The molecule has 16 heteroatoms. The maximum atomic E-state index is 13.7. The quantitative estimate of drug-likeness (QED) is 0.107. The van der Waals surface area contributed by atoms with E-state index in [1.807, 2.05) is 24.3 Å². The molecule has 4 aromatic heterocycles. The van der Waals surface area contributed by atoms with Crippen molar-refractivity contribution in [3.8, 4) is 34.1 Å². The van der Waals surface area contributed by atoms with Crippen LogP contribution in [0.2, 0.25) is 0 Å². The summed E-state index contributed by atoms with van der Waals surface area (Å²) in [5, 5.41) is 7.58. The van der Waals surface area contributed by atoms with Gasteiger partial charge in [0.05, 0.1) is 0 Å². The van der Waals surface area contributed by atoms with Crippen molar-refractivity contribution in [2.45, 2.75) is 0 Å². The van der Waals surface area contributed by atoms with Crippen molar-refractivity contribution < 1.29 is 64.4 Å². The first kappa shape index (κ1) is 39.0. The predicted molar refractivity (Wildman–Crippen MR) is 170 cm³/mol. The van der Waals surface area contributed by atoms with Crippen molar-refractivity contribution >= 4 is 0 Å². The first-order valence-electron chi connectivity index (χ1n) is 15.1. The molecule has 0 aliphatic rings. The van der Waals surface area contributed by atoms with E-state index in [4.69, 9.17) is 0 Å². The van der Waals surface area contributed by atoms with Crippen LogP contribution in [0.25, 0.3) is 34.1 Å². The second-order valence-electron chi connectivity index (χ2n) is 10.6.